The highest BCUT2D eigenvalue weighted by atomic mass is 16.7. The van der Waals surface area contributed by atoms with E-state index in [2.05, 4.69) is 38.0 Å². The molecule has 1 unspecified atom stereocenters. The molecule has 0 saturated carbocycles. The summed E-state index contributed by atoms with van der Waals surface area (Å²) in [6.07, 6.45) is 5.99. The molecule has 172 valence electrons. The van der Waals surface area contributed by atoms with Crippen LogP contribution in [0.1, 0.15) is 70.8 Å². The van der Waals surface area contributed by atoms with Crippen LogP contribution >= 0.6 is 0 Å². The molecule has 2 heterocycles. The Kier molecular flexibility index (Phi) is 6.96. The van der Waals surface area contributed by atoms with Crippen LogP contribution in [0.4, 0.5) is 0 Å². The molecular weight excluding hydrogens is 396 g/mol. The molecular formula is C24H36N2O5. The van der Waals surface area contributed by atoms with Gasteiger partial charge in [0.05, 0.1) is 26.4 Å². The molecule has 0 aromatic carbocycles. The fourth-order valence-electron chi connectivity index (χ4n) is 4.63. The molecule has 1 aromatic rings. The number of methoxy groups -OCH3 is 1. The summed E-state index contributed by atoms with van der Waals surface area (Å²) in [4.78, 5) is 16.5. The van der Waals surface area contributed by atoms with E-state index in [1.54, 1.807) is 0 Å². The van der Waals surface area contributed by atoms with Gasteiger partial charge in [-0.15, -0.1) is 0 Å². The lowest BCUT2D eigenvalue weighted by Gasteiger charge is -2.44. The Bertz CT molecular complexity index is 840. The Morgan fingerprint density at radius 1 is 1.35 bits per heavy atom. The van der Waals surface area contributed by atoms with Gasteiger partial charge in [-0.25, -0.2) is 4.98 Å². The van der Waals surface area contributed by atoms with Gasteiger partial charge >= 0.3 is 0 Å². The van der Waals surface area contributed by atoms with Gasteiger partial charge in [-0.1, -0.05) is 31.9 Å². The molecule has 31 heavy (non-hydrogen) atoms. The third kappa shape index (κ3) is 5.04. The molecule has 0 spiro atoms. The quantitative estimate of drug-likeness (QED) is 0.655. The molecule has 1 aliphatic carbocycles. The summed E-state index contributed by atoms with van der Waals surface area (Å²) in [6, 6.07) is 1.17. The highest BCUT2D eigenvalue weighted by Crippen LogP contribution is 2.45. The van der Waals surface area contributed by atoms with Crippen LogP contribution in [0.2, 0.25) is 0 Å². The normalized spacial score (nSPS) is 27.0. The number of nitrogens with one attached hydrogen (secondary N) is 1. The van der Waals surface area contributed by atoms with E-state index in [4.69, 9.17) is 14.2 Å². The van der Waals surface area contributed by atoms with Crippen molar-refractivity contribution in [1.29, 1.82) is 0 Å². The van der Waals surface area contributed by atoms with Crippen molar-refractivity contribution in [2.75, 3.05) is 20.3 Å². The molecule has 7 nitrogen and oxygen atoms in total. The predicted molar refractivity (Wildman–Crippen MR) is 118 cm³/mol. The second-order valence-corrected chi connectivity index (χ2v) is 9.62. The highest BCUT2D eigenvalue weighted by molar-refractivity contribution is 5.95. The number of carbonyl (C=O) groups is 1. The fraction of sp³-hybridized carbons (Fsp3) is 0.667. The molecule has 1 amide bonds. The van der Waals surface area contributed by atoms with Crippen LogP contribution in [0.5, 0.6) is 11.5 Å². The van der Waals surface area contributed by atoms with Crippen LogP contribution in [0.15, 0.2) is 23.4 Å². The van der Waals surface area contributed by atoms with Gasteiger partial charge in [0.2, 0.25) is 0 Å². The first kappa shape index (κ1) is 23.5. The second-order valence-electron chi connectivity index (χ2n) is 9.62. The highest BCUT2D eigenvalue weighted by Gasteiger charge is 2.41. The number of ether oxygens (including phenoxy) is 3. The van der Waals surface area contributed by atoms with Crippen molar-refractivity contribution in [1.82, 2.24) is 10.3 Å². The lowest BCUT2D eigenvalue weighted by molar-refractivity contribution is -0.286. The molecule has 0 radical (unpaired) electrons. The van der Waals surface area contributed by atoms with Crippen molar-refractivity contribution in [2.24, 2.45) is 11.3 Å². The Hall–Kier alpha value is -2.12. The smallest absolute Gasteiger partial charge is 0.274 e. The first-order valence-electron chi connectivity index (χ1n) is 11.1. The van der Waals surface area contributed by atoms with Crippen LogP contribution < -0.4 is 10.1 Å². The number of amides is 1. The number of hydrogen-bond acceptors (Lipinski definition) is 6. The predicted octanol–water partition coefficient (Wildman–Crippen LogP) is 4.21. The van der Waals surface area contributed by atoms with Gasteiger partial charge in [-0.05, 0) is 44.9 Å². The third-order valence-corrected chi connectivity index (χ3v) is 6.89. The number of rotatable bonds is 6. The topological polar surface area (TPSA) is 89.9 Å². The first-order valence-corrected chi connectivity index (χ1v) is 11.1. The van der Waals surface area contributed by atoms with Gasteiger partial charge in [0.1, 0.15) is 0 Å². The maximum Gasteiger partial charge on any atom is 0.274 e. The van der Waals surface area contributed by atoms with E-state index in [1.807, 2.05) is 6.92 Å². The number of hydrogen-bond donors (Lipinski definition) is 2. The fourth-order valence-corrected chi connectivity index (χ4v) is 4.63. The maximum atomic E-state index is 12.6. The van der Waals surface area contributed by atoms with Gasteiger partial charge in [0.15, 0.2) is 23.0 Å². The van der Waals surface area contributed by atoms with Gasteiger partial charge in [0.25, 0.3) is 5.91 Å². The Morgan fingerprint density at radius 3 is 2.65 bits per heavy atom. The standard InChI is InChI=1S/C24H36N2O5/c1-15-8-7-10-23(3,4)18(15)12-16(2)24(5)30-13-17(14-31-24)26-22(28)20-21(27)19(29-6)9-11-25-20/h9,11,16-17,27H,7-8,10,12-14H2,1-6H3,(H,26,28)/t16?,17-,24+. The van der Waals surface area contributed by atoms with Gasteiger partial charge in [0, 0.05) is 18.2 Å². The van der Waals surface area contributed by atoms with Crippen molar-refractivity contribution < 1.29 is 24.1 Å². The number of carbonyl (C=O) groups excluding carboxylic acids is 1. The Balaban J connectivity index is 1.60. The van der Waals surface area contributed by atoms with Crippen LogP contribution in [-0.4, -0.2) is 48.2 Å². The summed E-state index contributed by atoms with van der Waals surface area (Å²) >= 11 is 0. The van der Waals surface area contributed by atoms with Crippen molar-refractivity contribution in [3.05, 3.63) is 29.1 Å². The largest absolute Gasteiger partial charge is 0.503 e. The number of nitrogens with zero attached hydrogens (tertiary/aromatic N) is 1. The van der Waals surface area contributed by atoms with E-state index in [-0.39, 0.29) is 34.6 Å². The Labute approximate surface area is 185 Å². The van der Waals surface area contributed by atoms with Crippen LogP contribution in [-0.2, 0) is 9.47 Å². The van der Waals surface area contributed by atoms with Gasteiger partial charge in [-0.2, -0.15) is 0 Å². The molecule has 1 aromatic heterocycles. The number of pyridine rings is 1. The van der Waals surface area contributed by atoms with E-state index in [9.17, 15) is 9.90 Å². The van der Waals surface area contributed by atoms with Crippen molar-refractivity contribution in [2.45, 2.75) is 72.1 Å². The van der Waals surface area contributed by atoms with E-state index in [1.165, 1.54) is 49.8 Å². The summed E-state index contributed by atoms with van der Waals surface area (Å²) < 4.78 is 17.3. The number of aromatic nitrogens is 1. The number of aromatic hydroxyl groups is 1. The first-order chi connectivity index (χ1) is 14.6. The van der Waals surface area contributed by atoms with Crippen LogP contribution in [0.3, 0.4) is 0 Å². The summed E-state index contributed by atoms with van der Waals surface area (Å²) in [5.41, 5.74) is 3.15. The summed E-state index contributed by atoms with van der Waals surface area (Å²) in [7, 11) is 1.42. The molecule has 1 atom stereocenters. The molecule has 7 heteroatoms. The SMILES string of the molecule is COc1ccnc(C(=O)N[C@H]2CO[C@@](C)(C(C)CC3=C(C)CCCC3(C)C)OC2)c1O. The molecule has 1 fully saturated rings. The van der Waals surface area contributed by atoms with E-state index < -0.39 is 11.7 Å². The zero-order valence-corrected chi connectivity index (χ0v) is 19.6. The molecule has 1 saturated heterocycles. The molecule has 0 bridgehead atoms. The summed E-state index contributed by atoms with van der Waals surface area (Å²) in [6.45, 7) is 11.7. The molecule has 2 N–H and O–H groups in total. The second kappa shape index (κ2) is 9.17. The lowest BCUT2D eigenvalue weighted by atomic mass is 9.69. The minimum absolute atomic E-state index is 0.0806. The maximum absolute atomic E-state index is 12.6. The van der Waals surface area contributed by atoms with Gasteiger partial charge < -0.3 is 24.6 Å². The average molecular weight is 433 g/mol. The van der Waals surface area contributed by atoms with E-state index in [0.29, 0.717) is 13.2 Å². The van der Waals surface area contributed by atoms with Crippen molar-refractivity contribution >= 4 is 5.91 Å². The molecule has 3 rings (SSSR count). The zero-order chi connectivity index (χ0) is 22.8. The van der Waals surface area contributed by atoms with Crippen molar-refractivity contribution in [3.63, 3.8) is 0 Å². The van der Waals surface area contributed by atoms with Crippen LogP contribution in [0, 0.1) is 11.3 Å². The minimum atomic E-state index is -0.710. The lowest BCUT2D eigenvalue weighted by Crippen LogP contribution is -2.54. The van der Waals surface area contributed by atoms with Gasteiger partial charge in [-0.3, -0.25) is 4.79 Å². The molecule has 1 aliphatic heterocycles. The molecule has 2 aliphatic rings. The third-order valence-electron chi connectivity index (χ3n) is 6.89. The van der Waals surface area contributed by atoms with Crippen LogP contribution in [0.25, 0.3) is 0 Å². The summed E-state index contributed by atoms with van der Waals surface area (Å²) in [5.74, 6) is -1.10. The van der Waals surface area contributed by atoms with E-state index in [0.717, 1.165) is 6.42 Å². The Morgan fingerprint density at radius 2 is 2.03 bits per heavy atom. The summed E-state index contributed by atoms with van der Waals surface area (Å²) in [5, 5.41) is 13.0. The number of allylic oxidation sites excluding steroid dienone is 2. The monoisotopic (exact) mass is 432 g/mol. The van der Waals surface area contributed by atoms with Crippen molar-refractivity contribution in [3.8, 4) is 11.5 Å². The average Bonchev–Trinajstić information content (AvgIpc) is 2.72. The minimum Gasteiger partial charge on any atom is -0.503 e. The van der Waals surface area contributed by atoms with E-state index >= 15 is 0 Å². The zero-order valence-electron chi connectivity index (χ0n) is 19.6.